The number of methoxy groups -OCH3 is 1. The smallest absolute Gasteiger partial charge is 0.215 e. The molecule has 1 fully saturated rings. The number of ether oxygens (including phenoxy) is 1. The average Bonchev–Trinajstić information content (AvgIpc) is 2.98. The summed E-state index contributed by atoms with van der Waals surface area (Å²) in [6.45, 7) is 2.25. The lowest BCUT2D eigenvalue weighted by Crippen LogP contribution is -2.04. The molecule has 3 rings (SSSR count). The molecule has 1 aliphatic carbocycles. The van der Waals surface area contributed by atoms with E-state index < -0.39 is 0 Å². The van der Waals surface area contributed by atoms with Crippen LogP contribution in [0.1, 0.15) is 25.2 Å². The van der Waals surface area contributed by atoms with Gasteiger partial charge in [0.1, 0.15) is 11.3 Å². The molecule has 96 valence electrons. The molecule has 0 bridgehead atoms. The van der Waals surface area contributed by atoms with Crippen molar-refractivity contribution in [3.8, 4) is 5.88 Å². The molecule has 1 aliphatic rings. The molecule has 0 radical (unpaired) electrons. The monoisotopic (exact) mass is 265 g/mol. The van der Waals surface area contributed by atoms with Crippen molar-refractivity contribution in [2.75, 3.05) is 13.0 Å². The van der Waals surface area contributed by atoms with Crippen LogP contribution in [0.4, 0.5) is 0 Å². The Bertz CT molecular complexity index is 581. The van der Waals surface area contributed by atoms with Gasteiger partial charge in [-0.2, -0.15) is 4.98 Å². The molecule has 0 aromatic carbocycles. The number of imidazole rings is 1. The van der Waals surface area contributed by atoms with Crippen LogP contribution in [0.5, 0.6) is 5.88 Å². The first-order chi connectivity index (χ1) is 8.74. The molecule has 18 heavy (non-hydrogen) atoms. The molecule has 0 N–H and O–H groups in total. The molecule has 0 spiro atoms. The Morgan fingerprint density at radius 1 is 1.44 bits per heavy atom. The summed E-state index contributed by atoms with van der Waals surface area (Å²) < 4.78 is 7.44. The maximum atomic E-state index is 5.86. The Balaban J connectivity index is 2.15. The van der Waals surface area contributed by atoms with E-state index in [-0.39, 0.29) is 0 Å². The summed E-state index contributed by atoms with van der Waals surface area (Å²) in [7, 11) is 1.63. The zero-order chi connectivity index (χ0) is 12.7. The highest BCUT2D eigenvalue weighted by Crippen LogP contribution is 2.45. The number of pyridine rings is 1. The maximum Gasteiger partial charge on any atom is 0.215 e. The van der Waals surface area contributed by atoms with Crippen LogP contribution in [0.15, 0.2) is 12.1 Å². The van der Waals surface area contributed by atoms with Gasteiger partial charge >= 0.3 is 0 Å². The lowest BCUT2D eigenvalue weighted by Gasteiger charge is -2.07. The minimum absolute atomic E-state index is 0.521. The molecule has 2 atom stereocenters. The third-order valence-corrected chi connectivity index (χ3v) is 3.70. The number of alkyl halides is 1. The van der Waals surface area contributed by atoms with Crippen molar-refractivity contribution in [3.05, 3.63) is 18.0 Å². The lowest BCUT2D eigenvalue weighted by molar-refractivity contribution is 0.399. The molecule has 5 heteroatoms. The molecule has 2 aromatic heterocycles. The highest BCUT2D eigenvalue weighted by atomic mass is 35.5. The van der Waals surface area contributed by atoms with Gasteiger partial charge in [-0.05, 0) is 18.4 Å². The molecule has 0 saturated heterocycles. The van der Waals surface area contributed by atoms with Crippen LogP contribution in [0.25, 0.3) is 11.2 Å². The topological polar surface area (TPSA) is 39.9 Å². The average molecular weight is 266 g/mol. The Labute approximate surface area is 111 Å². The van der Waals surface area contributed by atoms with Gasteiger partial charge in [-0.1, -0.05) is 6.92 Å². The van der Waals surface area contributed by atoms with Gasteiger partial charge < -0.3 is 9.30 Å². The summed E-state index contributed by atoms with van der Waals surface area (Å²) in [6, 6.07) is 4.33. The van der Waals surface area contributed by atoms with Gasteiger partial charge in [0.2, 0.25) is 5.88 Å². The number of rotatable bonds is 4. The molecule has 0 amide bonds. The highest BCUT2D eigenvalue weighted by molar-refractivity contribution is 6.17. The zero-order valence-electron chi connectivity index (χ0n) is 10.6. The number of fused-ring (bicyclic) bond motifs is 1. The summed E-state index contributed by atoms with van der Waals surface area (Å²) >= 11 is 5.86. The van der Waals surface area contributed by atoms with Crippen LogP contribution in [-0.4, -0.2) is 27.5 Å². The number of nitrogens with zero attached hydrogens (tertiary/aromatic N) is 3. The number of aryl methyl sites for hydroxylation is 1. The highest BCUT2D eigenvalue weighted by Gasteiger charge is 2.37. The van der Waals surface area contributed by atoms with Gasteiger partial charge in [-0.3, -0.25) is 0 Å². The van der Waals surface area contributed by atoms with E-state index in [1.54, 1.807) is 7.11 Å². The Kier molecular flexibility index (Phi) is 2.90. The van der Waals surface area contributed by atoms with Gasteiger partial charge in [0, 0.05) is 24.4 Å². The van der Waals surface area contributed by atoms with Gasteiger partial charge in [0.15, 0.2) is 5.65 Å². The predicted octanol–water partition coefficient (Wildman–Crippen LogP) is 2.80. The van der Waals surface area contributed by atoms with Crippen LogP contribution in [0.2, 0.25) is 0 Å². The van der Waals surface area contributed by atoms with Gasteiger partial charge in [0.25, 0.3) is 0 Å². The molecule has 1 saturated carbocycles. The van der Waals surface area contributed by atoms with Crippen molar-refractivity contribution in [1.29, 1.82) is 0 Å². The first-order valence-corrected chi connectivity index (χ1v) is 6.76. The fourth-order valence-electron chi connectivity index (χ4n) is 2.39. The van der Waals surface area contributed by atoms with E-state index in [4.69, 9.17) is 16.3 Å². The molecular weight excluding hydrogens is 250 g/mol. The molecule has 2 unspecified atom stereocenters. The number of hydrogen-bond acceptors (Lipinski definition) is 3. The van der Waals surface area contributed by atoms with Crippen molar-refractivity contribution in [3.63, 3.8) is 0 Å². The van der Waals surface area contributed by atoms with E-state index in [9.17, 15) is 0 Å². The van der Waals surface area contributed by atoms with Crippen molar-refractivity contribution in [2.24, 2.45) is 5.92 Å². The summed E-state index contributed by atoms with van der Waals surface area (Å²) in [5.74, 6) is 2.95. The van der Waals surface area contributed by atoms with Crippen molar-refractivity contribution < 1.29 is 4.74 Å². The standard InChI is InChI=1S/C13H16ClN3O/c1-8-7-10(8)17-11(5-6-14)15-9-3-4-12(18-2)16-13(9)17/h3-4,8,10H,5-7H2,1-2H3. The van der Waals surface area contributed by atoms with Crippen LogP contribution in [0, 0.1) is 5.92 Å². The Hall–Kier alpha value is -1.29. The normalized spacial score (nSPS) is 22.4. The predicted molar refractivity (Wildman–Crippen MR) is 71.3 cm³/mol. The van der Waals surface area contributed by atoms with Gasteiger partial charge in [0.05, 0.1) is 7.11 Å². The van der Waals surface area contributed by atoms with Gasteiger partial charge in [-0.25, -0.2) is 4.98 Å². The number of aromatic nitrogens is 3. The lowest BCUT2D eigenvalue weighted by atomic mass is 10.4. The third-order valence-electron chi connectivity index (χ3n) is 3.51. The van der Waals surface area contributed by atoms with Gasteiger partial charge in [-0.15, -0.1) is 11.6 Å². The Morgan fingerprint density at radius 3 is 2.83 bits per heavy atom. The molecule has 4 nitrogen and oxygen atoms in total. The van der Waals surface area contributed by atoms with E-state index in [1.165, 1.54) is 6.42 Å². The number of hydrogen-bond donors (Lipinski definition) is 0. The first-order valence-electron chi connectivity index (χ1n) is 6.22. The summed E-state index contributed by atoms with van der Waals surface area (Å²) in [5.41, 5.74) is 1.85. The van der Waals surface area contributed by atoms with Crippen LogP contribution in [-0.2, 0) is 6.42 Å². The summed E-state index contributed by atoms with van der Waals surface area (Å²) in [6.07, 6.45) is 1.98. The second-order valence-corrected chi connectivity index (χ2v) is 5.19. The SMILES string of the molecule is COc1ccc2nc(CCCl)n(C3CC3C)c2n1. The third kappa shape index (κ3) is 1.85. The fraction of sp³-hybridized carbons (Fsp3) is 0.538. The van der Waals surface area contributed by atoms with Crippen molar-refractivity contribution >= 4 is 22.8 Å². The number of halogens is 1. The minimum atomic E-state index is 0.521. The Morgan fingerprint density at radius 2 is 2.22 bits per heavy atom. The molecule has 2 heterocycles. The molecular formula is C13H16ClN3O. The first kappa shape index (κ1) is 11.8. The van der Waals surface area contributed by atoms with Crippen molar-refractivity contribution in [2.45, 2.75) is 25.8 Å². The van der Waals surface area contributed by atoms with Crippen LogP contribution >= 0.6 is 11.6 Å². The fourth-order valence-corrected chi connectivity index (χ4v) is 2.56. The maximum absolute atomic E-state index is 5.86. The molecule has 2 aromatic rings. The van der Waals surface area contributed by atoms with Crippen LogP contribution in [0.3, 0.4) is 0 Å². The minimum Gasteiger partial charge on any atom is -0.481 e. The van der Waals surface area contributed by atoms with Crippen molar-refractivity contribution in [1.82, 2.24) is 14.5 Å². The largest absolute Gasteiger partial charge is 0.481 e. The van der Waals surface area contributed by atoms with E-state index in [0.717, 1.165) is 23.4 Å². The zero-order valence-corrected chi connectivity index (χ0v) is 11.3. The van der Waals surface area contributed by atoms with E-state index >= 15 is 0 Å². The van der Waals surface area contributed by atoms with E-state index in [1.807, 2.05) is 12.1 Å². The van der Waals surface area contributed by atoms with E-state index in [2.05, 4.69) is 21.5 Å². The second kappa shape index (κ2) is 4.43. The quantitative estimate of drug-likeness (QED) is 0.798. The molecule has 0 aliphatic heterocycles. The van der Waals surface area contributed by atoms with Crippen LogP contribution < -0.4 is 4.74 Å². The summed E-state index contributed by atoms with van der Waals surface area (Å²) in [5, 5.41) is 0. The second-order valence-electron chi connectivity index (χ2n) is 4.81. The summed E-state index contributed by atoms with van der Waals surface area (Å²) in [4.78, 5) is 9.16. The van der Waals surface area contributed by atoms with E-state index in [0.29, 0.717) is 23.7 Å².